The van der Waals surface area contributed by atoms with E-state index in [2.05, 4.69) is 15.8 Å². The lowest BCUT2D eigenvalue weighted by molar-refractivity contribution is -0.136. The lowest BCUT2D eigenvalue weighted by atomic mass is 10.2. The summed E-state index contributed by atoms with van der Waals surface area (Å²) in [5.41, 5.74) is 2.49. The second kappa shape index (κ2) is 8.79. The Morgan fingerprint density at radius 2 is 2.00 bits per heavy atom. The second-order valence-electron chi connectivity index (χ2n) is 4.75. The molecule has 2 aromatic carbocycles. The van der Waals surface area contributed by atoms with Crippen LogP contribution in [0.1, 0.15) is 12.5 Å². The van der Waals surface area contributed by atoms with Crippen molar-refractivity contribution in [1.82, 2.24) is 5.43 Å². The highest BCUT2D eigenvalue weighted by atomic mass is 35.5. The van der Waals surface area contributed by atoms with Gasteiger partial charge < -0.3 is 10.1 Å². The van der Waals surface area contributed by atoms with Crippen LogP contribution in [-0.4, -0.2) is 24.6 Å². The van der Waals surface area contributed by atoms with Gasteiger partial charge in [-0.25, -0.2) is 9.82 Å². The number of halogens is 2. The van der Waals surface area contributed by atoms with Gasteiger partial charge in [-0.15, -0.1) is 0 Å². The fourth-order valence-electron chi connectivity index (χ4n) is 1.86. The minimum atomic E-state index is -1.04. The molecule has 2 amide bonds. The average molecular weight is 364 g/mol. The fraction of sp³-hybridized carbons (Fsp3) is 0.118. The molecule has 6 nitrogen and oxygen atoms in total. The zero-order chi connectivity index (χ0) is 18.2. The Labute approximate surface area is 148 Å². The average Bonchev–Trinajstić information content (AvgIpc) is 2.59. The van der Waals surface area contributed by atoms with Gasteiger partial charge in [0.1, 0.15) is 11.6 Å². The summed E-state index contributed by atoms with van der Waals surface area (Å²) in [6, 6.07) is 10.4. The number of rotatable bonds is 5. The molecule has 0 saturated heterocycles. The summed E-state index contributed by atoms with van der Waals surface area (Å²) in [7, 11) is 0. The molecule has 0 unspecified atom stereocenters. The van der Waals surface area contributed by atoms with Crippen molar-refractivity contribution in [2.75, 3.05) is 11.9 Å². The zero-order valence-electron chi connectivity index (χ0n) is 13.3. The third-order valence-electron chi connectivity index (χ3n) is 2.97. The van der Waals surface area contributed by atoms with E-state index >= 15 is 0 Å². The molecule has 0 radical (unpaired) electrons. The third-order valence-corrected chi connectivity index (χ3v) is 3.20. The van der Waals surface area contributed by atoms with Crippen LogP contribution in [-0.2, 0) is 9.59 Å². The number of hydrogen-bond acceptors (Lipinski definition) is 4. The van der Waals surface area contributed by atoms with Crippen molar-refractivity contribution in [2.24, 2.45) is 5.10 Å². The molecule has 0 fully saturated rings. The van der Waals surface area contributed by atoms with E-state index in [4.69, 9.17) is 16.3 Å². The van der Waals surface area contributed by atoms with E-state index in [1.54, 1.807) is 18.2 Å². The minimum Gasteiger partial charge on any atom is -0.493 e. The van der Waals surface area contributed by atoms with Crippen molar-refractivity contribution >= 4 is 35.3 Å². The van der Waals surface area contributed by atoms with Gasteiger partial charge in [-0.2, -0.15) is 5.10 Å². The molecule has 2 rings (SSSR count). The maximum Gasteiger partial charge on any atom is 0.329 e. The van der Waals surface area contributed by atoms with Gasteiger partial charge in [-0.3, -0.25) is 9.59 Å². The van der Waals surface area contributed by atoms with Crippen molar-refractivity contribution in [3.63, 3.8) is 0 Å². The van der Waals surface area contributed by atoms with Crippen LogP contribution < -0.4 is 15.5 Å². The molecule has 0 saturated carbocycles. The highest BCUT2D eigenvalue weighted by molar-refractivity contribution is 6.39. The first-order valence-corrected chi connectivity index (χ1v) is 7.70. The van der Waals surface area contributed by atoms with Crippen molar-refractivity contribution in [3.8, 4) is 5.75 Å². The van der Waals surface area contributed by atoms with Crippen molar-refractivity contribution in [3.05, 3.63) is 58.9 Å². The highest BCUT2D eigenvalue weighted by Gasteiger charge is 2.14. The SMILES string of the molecule is CCOc1ccc(Cl)cc1/C=N\NC(=O)C(=O)Nc1ccccc1F. The number of anilines is 1. The van der Waals surface area contributed by atoms with Crippen molar-refractivity contribution in [2.45, 2.75) is 6.92 Å². The zero-order valence-corrected chi connectivity index (χ0v) is 14.0. The molecule has 25 heavy (non-hydrogen) atoms. The topological polar surface area (TPSA) is 79.8 Å². The van der Waals surface area contributed by atoms with Gasteiger partial charge in [-0.05, 0) is 37.3 Å². The van der Waals surface area contributed by atoms with E-state index in [9.17, 15) is 14.0 Å². The van der Waals surface area contributed by atoms with Gasteiger partial charge in [0.25, 0.3) is 0 Å². The van der Waals surface area contributed by atoms with E-state index in [0.29, 0.717) is 22.9 Å². The second-order valence-corrected chi connectivity index (χ2v) is 5.18. The number of ether oxygens (including phenoxy) is 1. The van der Waals surface area contributed by atoms with Crippen molar-refractivity contribution in [1.29, 1.82) is 0 Å². The van der Waals surface area contributed by atoms with Gasteiger partial charge in [-0.1, -0.05) is 23.7 Å². The van der Waals surface area contributed by atoms with Crippen LogP contribution in [0.4, 0.5) is 10.1 Å². The molecule has 0 spiro atoms. The molecule has 2 aromatic rings. The van der Waals surface area contributed by atoms with Gasteiger partial charge in [0.15, 0.2) is 0 Å². The smallest absolute Gasteiger partial charge is 0.329 e. The van der Waals surface area contributed by atoms with Crippen LogP contribution in [0, 0.1) is 5.82 Å². The molecule has 0 aliphatic rings. The lowest BCUT2D eigenvalue weighted by Gasteiger charge is -2.07. The van der Waals surface area contributed by atoms with E-state index in [1.165, 1.54) is 30.5 Å². The third kappa shape index (κ3) is 5.29. The van der Waals surface area contributed by atoms with Crippen LogP contribution in [0.2, 0.25) is 5.02 Å². The van der Waals surface area contributed by atoms with Gasteiger partial charge >= 0.3 is 11.8 Å². The standard InChI is InChI=1S/C17H15ClFN3O3/c1-2-25-15-8-7-12(18)9-11(15)10-20-22-17(24)16(23)21-14-6-4-3-5-13(14)19/h3-10H,2H2,1H3,(H,21,23)(H,22,24)/b20-10-. The van der Waals surface area contributed by atoms with Crippen LogP contribution >= 0.6 is 11.6 Å². The Bertz CT molecular complexity index is 811. The first-order chi connectivity index (χ1) is 12.0. The quantitative estimate of drug-likeness (QED) is 0.487. The molecule has 130 valence electrons. The minimum absolute atomic E-state index is 0.0971. The number of nitrogens with one attached hydrogen (secondary N) is 2. The first kappa shape index (κ1) is 18.4. The summed E-state index contributed by atoms with van der Waals surface area (Å²) >= 11 is 5.91. The normalized spacial score (nSPS) is 10.5. The number of nitrogens with zero attached hydrogens (tertiary/aromatic N) is 1. The summed E-state index contributed by atoms with van der Waals surface area (Å²) in [5.74, 6) is -2.20. The molecule has 8 heteroatoms. The molecular weight excluding hydrogens is 349 g/mol. The molecule has 0 aliphatic heterocycles. The van der Waals surface area contributed by atoms with Gasteiger partial charge in [0, 0.05) is 10.6 Å². The Morgan fingerprint density at radius 3 is 2.72 bits per heavy atom. The Morgan fingerprint density at radius 1 is 1.24 bits per heavy atom. The Kier molecular flexibility index (Phi) is 6.47. The number of carbonyl (C=O) groups is 2. The Hall–Kier alpha value is -2.93. The van der Waals surface area contributed by atoms with Gasteiger partial charge in [0.05, 0.1) is 18.5 Å². The highest BCUT2D eigenvalue weighted by Crippen LogP contribution is 2.21. The van der Waals surface area contributed by atoms with Crippen LogP contribution in [0.5, 0.6) is 5.75 Å². The molecule has 0 bridgehead atoms. The first-order valence-electron chi connectivity index (χ1n) is 7.32. The monoisotopic (exact) mass is 363 g/mol. The van der Waals surface area contributed by atoms with Crippen LogP contribution in [0.3, 0.4) is 0 Å². The maximum absolute atomic E-state index is 13.4. The molecule has 2 N–H and O–H groups in total. The number of hydrogen-bond donors (Lipinski definition) is 2. The summed E-state index contributed by atoms with van der Waals surface area (Å²) < 4.78 is 18.8. The largest absolute Gasteiger partial charge is 0.493 e. The van der Waals surface area contributed by atoms with Crippen LogP contribution in [0.25, 0.3) is 0 Å². The molecule has 0 heterocycles. The number of hydrazone groups is 1. The van der Waals surface area contributed by atoms with E-state index in [-0.39, 0.29) is 5.69 Å². The predicted octanol–water partition coefficient (Wildman–Crippen LogP) is 2.97. The Balaban J connectivity index is 1.99. The number of carbonyl (C=O) groups excluding carboxylic acids is 2. The molecule has 0 atom stereocenters. The summed E-state index contributed by atoms with van der Waals surface area (Å²) in [5, 5.41) is 6.31. The lowest BCUT2D eigenvalue weighted by Crippen LogP contribution is -2.32. The fourth-order valence-corrected chi connectivity index (χ4v) is 2.04. The summed E-state index contributed by atoms with van der Waals surface area (Å²) in [6.45, 7) is 2.27. The number of benzene rings is 2. The summed E-state index contributed by atoms with van der Waals surface area (Å²) in [4.78, 5) is 23.4. The van der Waals surface area contributed by atoms with Crippen LogP contribution in [0.15, 0.2) is 47.6 Å². The molecule has 0 aliphatic carbocycles. The predicted molar refractivity (Wildman–Crippen MR) is 93.4 cm³/mol. The summed E-state index contributed by atoms with van der Waals surface area (Å²) in [6.07, 6.45) is 1.30. The molecular formula is C17H15ClFN3O3. The number of amides is 2. The van der Waals surface area contributed by atoms with E-state index in [1.807, 2.05) is 6.92 Å². The molecule has 0 aromatic heterocycles. The van der Waals surface area contributed by atoms with E-state index < -0.39 is 17.6 Å². The van der Waals surface area contributed by atoms with Gasteiger partial charge in [0.2, 0.25) is 0 Å². The van der Waals surface area contributed by atoms with E-state index in [0.717, 1.165) is 0 Å². The maximum atomic E-state index is 13.4. The number of para-hydroxylation sites is 1. The van der Waals surface area contributed by atoms with Crippen molar-refractivity contribution < 1.29 is 18.7 Å².